The van der Waals surface area contributed by atoms with Gasteiger partial charge in [-0.1, -0.05) is 92.9 Å². The number of alkyl halides is 2. The van der Waals surface area contributed by atoms with E-state index in [9.17, 15) is 0 Å². The maximum atomic E-state index is 6.79. The SMILES string of the molecule is CCCCC(CC)C(Cl)C(C)CCCCOCCCCC(C)C(Cl)C(CC)CCCC. The predicted molar refractivity (Wildman–Crippen MR) is 143 cm³/mol. The van der Waals surface area contributed by atoms with E-state index in [1.165, 1.54) is 77.0 Å². The van der Waals surface area contributed by atoms with Gasteiger partial charge in [0.15, 0.2) is 0 Å². The first kappa shape index (κ1) is 31.5. The Balaban J connectivity index is 3.78. The highest BCUT2D eigenvalue weighted by Crippen LogP contribution is 2.31. The van der Waals surface area contributed by atoms with Gasteiger partial charge >= 0.3 is 0 Å². The Morgan fingerprint density at radius 3 is 1.26 bits per heavy atom. The topological polar surface area (TPSA) is 9.23 Å². The minimum absolute atomic E-state index is 0.333. The van der Waals surface area contributed by atoms with E-state index in [0.717, 1.165) is 26.1 Å². The molecule has 0 bridgehead atoms. The molecule has 0 aliphatic heterocycles. The predicted octanol–water partition coefficient (Wildman–Crippen LogP) is 10.3. The number of hydrogen-bond donors (Lipinski definition) is 0. The van der Waals surface area contributed by atoms with Crippen LogP contribution in [0.3, 0.4) is 0 Å². The van der Waals surface area contributed by atoms with E-state index >= 15 is 0 Å². The van der Waals surface area contributed by atoms with Crippen LogP contribution in [0.25, 0.3) is 0 Å². The quantitative estimate of drug-likeness (QED) is 0.111. The highest BCUT2D eigenvalue weighted by atomic mass is 35.5. The first-order valence-corrected chi connectivity index (χ1v) is 14.7. The van der Waals surface area contributed by atoms with Crippen LogP contribution in [0.5, 0.6) is 0 Å². The molecule has 0 amide bonds. The van der Waals surface area contributed by atoms with Crippen molar-refractivity contribution in [3.8, 4) is 0 Å². The van der Waals surface area contributed by atoms with Crippen molar-refractivity contribution in [1.82, 2.24) is 0 Å². The third kappa shape index (κ3) is 15.1. The molecular formula is C28H56Cl2O. The molecule has 0 saturated heterocycles. The van der Waals surface area contributed by atoms with Crippen LogP contribution in [0.15, 0.2) is 0 Å². The smallest absolute Gasteiger partial charge is 0.0466 e. The molecule has 0 aliphatic carbocycles. The lowest BCUT2D eigenvalue weighted by Crippen LogP contribution is -2.22. The van der Waals surface area contributed by atoms with Crippen molar-refractivity contribution < 1.29 is 4.74 Å². The maximum absolute atomic E-state index is 6.79. The van der Waals surface area contributed by atoms with Gasteiger partial charge < -0.3 is 4.74 Å². The second-order valence-electron chi connectivity index (χ2n) is 10.1. The molecule has 0 rings (SSSR count). The third-order valence-electron chi connectivity index (χ3n) is 7.29. The van der Waals surface area contributed by atoms with Gasteiger partial charge in [-0.2, -0.15) is 0 Å². The molecule has 0 spiro atoms. The Morgan fingerprint density at radius 1 is 0.548 bits per heavy atom. The van der Waals surface area contributed by atoms with Crippen molar-refractivity contribution in [2.75, 3.05) is 13.2 Å². The zero-order valence-corrected chi connectivity index (χ0v) is 23.5. The van der Waals surface area contributed by atoms with Crippen LogP contribution in [0.2, 0.25) is 0 Å². The Labute approximate surface area is 206 Å². The van der Waals surface area contributed by atoms with Crippen LogP contribution < -0.4 is 0 Å². The fourth-order valence-electron chi connectivity index (χ4n) is 4.80. The van der Waals surface area contributed by atoms with Crippen molar-refractivity contribution in [1.29, 1.82) is 0 Å². The summed E-state index contributed by atoms with van der Waals surface area (Å²) in [5.41, 5.74) is 0. The average Bonchev–Trinajstić information content (AvgIpc) is 2.78. The summed E-state index contributed by atoms with van der Waals surface area (Å²) < 4.78 is 5.90. The molecule has 0 fully saturated rings. The van der Waals surface area contributed by atoms with Crippen LogP contribution in [0.4, 0.5) is 0 Å². The number of hydrogen-bond acceptors (Lipinski definition) is 1. The van der Waals surface area contributed by atoms with Gasteiger partial charge in [-0.25, -0.2) is 0 Å². The van der Waals surface area contributed by atoms with Gasteiger partial charge in [0, 0.05) is 24.0 Å². The number of halogens is 2. The molecule has 1 nitrogen and oxygen atoms in total. The molecular weight excluding hydrogens is 423 g/mol. The second-order valence-corrected chi connectivity index (χ2v) is 11.1. The van der Waals surface area contributed by atoms with E-state index in [0.29, 0.717) is 34.4 Å². The highest BCUT2D eigenvalue weighted by Gasteiger charge is 2.23. The summed E-state index contributed by atoms with van der Waals surface area (Å²) in [5, 5.41) is 0.666. The molecule has 6 unspecified atom stereocenters. The van der Waals surface area contributed by atoms with Gasteiger partial charge in [-0.3, -0.25) is 0 Å². The van der Waals surface area contributed by atoms with Crippen molar-refractivity contribution in [3.05, 3.63) is 0 Å². The first-order chi connectivity index (χ1) is 14.9. The van der Waals surface area contributed by atoms with Crippen LogP contribution in [0.1, 0.15) is 131 Å². The van der Waals surface area contributed by atoms with E-state index in [-0.39, 0.29) is 0 Å². The number of ether oxygens (including phenoxy) is 1. The minimum atomic E-state index is 0.333. The molecule has 0 aromatic heterocycles. The van der Waals surface area contributed by atoms with E-state index in [4.69, 9.17) is 27.9 Å². The Morgan fingerprint density at radius 2 is 0.935 bits per heavy atom. The van der Waals surface area contributed by atoms with Crippen LogP contribution in [0, 0.1) is 23.7 Å². The zero-order chi connectivity index (χ0) is 23.5. The lowest BCUT2D eigenvalue weighted by Gasteiger charge is -2.26. The highest BCUT2D eigenvalue weighted by molar-refractivity contribution is 6.21. The summed E-state index contributed by atoms with van der Waals surface area (Å²) in [5.74, 6) is 2.58. The third-order valence-corrected chi connectivity index (χ3v) is 8.86. The number of rotatable bonds is 22. The van der Waals surface area contributed by atoms with Gasteiger partial charge in [0.25, 0.3) is 0 Å². The zero-order valence-electron chi connectivity index (χ0n) is 21.9. The molecule has 0 aliphatic rings. The molecule has 0 heterocycles. The molecule has 0 aromatic carbocycles. The fraction of sp³-hybridized carbons (Fsp3) is 1.00. The van der Waals surface area contributed by atoms with Gasteiger partial charge in [-0.05, 0) is 62.2 Å². The monoisotopic (exact) mass is 478 g/mol. The normalized spacial score (nSPS) is 17.8. The van der Waals surface area contributed by atoms with Crippen molar-refractivity contribution in [2.45, 2.75) is 142 Å². The van der Waals surface area contributed by atoms with Gasteiger partial charge in [-0.15, -0.1) is 23.2 Å². The Hall–Kier alpha value is 0.540. The van der Waals surface area contributed by atoms with Crippen molar-refractivity contribution >= 4 is 23.2 Å². The Bertz CT molecular complexity index is 342. The van der Waals surface area contributed by atoms with Crippen LogP contribution in [-0.2, 0) is 4.74 Å². The first-order valence-electron chi connectivity index (χ1n) is 13.8. The largest absolute Gasteiger partial charge is 0.381 e. The molecule has 31 heavy (non-hydrogen) atoms. The van der Waals surface area contributed by atoms with E-state index < -0.39 is 0 Å². The van der Waals surface area contributed by atoms with E-state index in [1.54, 1.807) is 0 Å². The molecule has 0 N–H and O–H groups in total. The molecule has 188 valence electrons. The van der Waals surface area contributed by atoms with Crippen LogP contribution in [-0.4, -0.2) is 24.0 Å². The summed E-state index contributed by atoms with van der Waals surface area (Å²) >= 11 is 13.6. The van der Waals surface area contributed by atoms with E-state index in [2.05, 4.69) is 41.5 Å². The second kappa shape index (κ2) is 21.1. The van der Waals surface area contributed by atoms with Crippen molar-refractivity contribution in [3.63, 3.8) is 0 Å². The number of unbranched alkanes of at least 4 members (excludes halogenated alkanes) is 4. The summed E-state index contributed by atoms with van der Waals surface area (Å²) in [6.45, 7) is 15.6. The van der Waals surface area contributed by atoms with Crippen molar-refractivity contribution in [2.24, 2.45) is 23.7 Å². The minimum Gasteiger partial charge on any atom is -0.381 e. The fourth-order valence-corrected chi connectivity index (χ4v) is 5.66. The van der Waals surface area contributed by atoms with E-state index in [1.807, 2.05) is 0 Å². The molecule has 3 heteroatoms. The Kier molecular flexibility index (Phi) is 21.5. The maximum Gasteiger partial charge on any atom is 0.0466 e. The molecule has 6 atom stereocenters. The molecule has 0 saturated carbocycles. The van der Waals surface area contributed by atoms with Gasteiger partial charge in [0.05, 0.1) is 0 Å². The standard InChI is InChI=1S/C28H56Cl2O/c1-7-11-19-25(9-3)27(29)23(5)17-13-15-21-31-22-16-14-18-24(6)28(30)26(10-4)20-12-8-2/h23-28H,7-22H2,1-6H3. The average molecular weight is 480 g/mol. The van der Waals surface area contributed by atoms with Gasteiger partial charge in [0.2, 0.25) is 0 Å². The summed E-state index contributed by atoms with van der Waals surface area (Å²) in [6, 6.07) is 0. The lowest BCUT2D eigenvalue weighted by atomic mass is 9.86. The summed E-state index contributed by atoms with van der Waals surface area (Å²) in [7, 11) is 0. The lowest BCUT2D eigenvalue weighted by molar-refractivity contribution is 0.123. The van der Waals surface area contributed by atoms with Gasteiger partial charge in [0.1, 0.15) is 0 Å². The molecule has 0 radical (unpaired) electrons. The van der Waals surface area contributed by atoms with Crippen LogP contribution >= 0.6 is 23.2 Å². The summed E-state index contributed by atoms with van der Waals surface area (Å²) in [6.07, 6.45) is 17.4. The summed E-state index contributed by atoms with van der Waals surface area (Å²) in [4.78, 5) is 0. The molecule has 0 aromatic rings.